The van der Waals surface area contributed by atoms with Gasteiger partial charge < -0.3 is 20.1 Å². The van der Waals surface area contributed by atoms with Crippen LogP contribution in [0.2, 0.25) is 0 Å². The Morgan fingerprint density at radius 3 is 2.73 bits per heavy atom. The Morgan fingerprint density at radius 1 is 1.07 bits per heavy atom. The highest BCUT2D eigenvalue weighted by Crippen LogP contribution is 2.41. The number of methoxy groups -OCH3 is 2. The fourth-order valence-corrected chi connectivity index (χ4v) is 5.43. The van der Waals surface area contributed by atoms with E-state index >= 15 is 0 Å². The zero-order chi connectivity index (χ0) is 28.1. The zero-order valence-corrected chi connectivity index (χ0v) is 22.5. The Hall–Kier alpha value is -4.24. The maximum Gasteiger partial charge on any atom is 0.319 e. The van der Waals surface area contributed by atoms with Crippen LogP contribution in [0.25, 0.3) is 10.9 Å². The summed E-state index contributed by atoms with van der Waals surface area (Å²) in [6.45, 7) is 1.73. The van der Waals surface area contributed by atoms with Crippen molar-refractivity contribution in [2.24, 2.45) is 0 Å². The minimum atomic E-state index is -0.594. The van der Waals surface area contributed by atoms with Gasteiger partial charge in [-0.15, -0.1) is 0 Å². The minimum absolute atomic E-state index is 0.0944. The number of carbonyl (C=O) groups excluding carboxylic acids is 1. The highest BCUT2D eigenvalue weighted by atomic mass is 19.1. The highest BCUT2D eigenvalue weighted by Gasteiger charge is 2.31. The van der Waals surface area contributed by atoms with Crippen LogP contribution in [-0.4, -0.2) is 49.8 Å². The van der Waals surface area contributed by atoms with E-state index in [0.29, 0.717) is 48.7 Å². The van der Waals surface area contributed by atoms with Crippen LogP contribution >= 0.6 is 0 Å². The molecule has 9 heteroatoms. The molecule has 208 valence electrons. The van der Waals surface area contributed by atoms with Crippen molar-refractivity contribution in [3.63, 3.8) is 0 Å². The number of amides is 2. The average molecular weight is 547 g/mol. The van der Waals surface area contributed by atoms with Crippen LogP contribution in [0.3, 0.4) is 0 Å². The van der Waals surface area contributed by atoms with Crippen molar-refractivity contribution >= 4 is 22.6 Å². The van der Waals surface area contributed by atoms with Gasteiger partial charge >= 0.3 is 6.03 Å². The van der Waals surface area contributed by atoms with E-state index in [2.05, 4.69) is 20.5 Å². The molecule has 1 aliphatic rings. The van der Waals surface area contributed by atoms with Gasteiger partial charge in [0.25, 0.3) is 0 Å². The smallest absolute Gasteiger partial charge is 0.319 e. The third kappa shape index (κ3) is 5.99. The first-order valence-corrected chi connectivity index (χ1v) is 13.3. The van der Waals surface area contributed by atoms with Gasteiger partial charge in [-0.3, -0.25) is 9.88 Å². The Kier molecular flexibility index (Phi) is 8.40. The Morgan fingerprint density at radius 2 is 1.93 bits per heavy atom. The van der Waals surface area contributed by atoms with E-state index in [1.165, 1.54) is 12.1 Å². The van der Waals surface area contributed by atoms with Crippen LogP contribution in [0.1, 0.15) is 29.2 Å². The fraction of sp³-hybridized carbons (Fsp3) is 0.290. The molecule has 2 N–H and O–H groups in total. The van der Waals surface area contributed by atoms with Crippen molar-refractivity contribution in [3.8, 4) is 11.5 Å². The lowest BCUT2D eigenvalue weighted by Crippen LogP contribution is -2.42. The monoisotopic (exact) mass is 546 g/mol. The van der Waals surface area contributed by atoms with Gasteiger partial charge in [0, 0.05) is 55.0 Å². The number of nitrogens with one attached hydrogen (secondary N) is 2. The van der Waals surface area contributed by atoms with E-state index in [0.717, 1.165) is 41.1 Å². The molecule has 1 aliphatic heterocycles. The molecule has 0 bridgehead atoms. The first-order chi connectivity index (χ1) is 19.5. The second-order valence-corrected chi connectivity index (χ2v) is 9.74. The first kappa shape index (κ1) is 27.3. The summed E-state index contributed by atoms with van der Waals surface area (Å²) in [6, 6.07) is 16.6. The van der Waals surface area contributed by atoms with Crippen LogP contribution in [0.5, 0.6) is 11.5 Å². The summed E-state index contributed by atoms with van der Waals surface area (Å²) in [5.41, 5.74) is 4.10. The number of ether oxygens (including phenoxy) is 2. The third-order valence-corrected chi connectivity index (χ3v) is 7.38. The highest BCUT2D eigenvalue weighted by molar-refractivity contribution is 6.00. The van der Waals surface area contributed by atoms with E-state index in [4.69, 9.17) is 9.47 Å². The van der Waals surface area contributed by atoms with Crippen molar-refractivity contribution in [1.29, 1.82) is 0 Å². The largest absolute Gasteiger partial charge is 0.497 e. The molecule has 4 aromatic rings. The van der Waals surface area contributed by atoms with Crippen molar-refractivity contribution < 1.29 is 23.0 Å². The van der Waals surface area contributed by atoms with Crippen molar-refractivity contribution in [1.82, 2.24) is 15.2 Å². The van der Waals surface area contributed by atoms with Gasteiger partial charge in [0.15, 0.2) is 0 Å². The number of fused-ring (bicyclic) bond motifs is 2. The molecular weight excluding hydrogens is 514 g/mol. The Bertz CT molecular complexity index is 1490. The predicted molar refractivity (Wildman–Crippen MR) is 151 cm³/mol. The number of urea groups is 1. The number of rotatable bonds is 9. The molecule has 2 heterocycles. The van der Waals surface area contributed by atoms with Crippen LogP contribution in [-0.2, 0) is 12.8 Å². The van der Waals surface area contributed by atoms with Gasteiger partial charge in [0.2, 0.25) is 0 Å². The number of hydrogen-bond donors (Lipinski definition) is 2. The molecular formula is C31H32F2N4O3. The number of nitrogens with zero attached hydrogens (tertiary/aromatic N) is 2. The maximum atomic E-state index is 14.5. The molecule has 2 amide bonds. The molecule has 0 aliphatic carbocycles. The van der Waals surface area contributed by atoms with E-state index in [1.54, 1.807) is 26.5 Å². The lowest BCUT2D eigenvalue weighted by Gasteiger charge is -2.38. The number of benzene rings is 3. The molecule has 7 nitrogen and oxygen atoms in total. The lowest BCUT2D eigenvalue weighted by atomic mass is 9.87. The topological polar surface area (TPSA) is 75.7 Å². The van der Waals surface area contributed by atoms with Gasteiger partial charge in [-0.05, 0) is 54.7 Å². The van der Waals surface area contributed by atoms with Crippen LogP contribution in [0.4, 0.5) is 19.3 Å². The zero-order valence-electron chi connectivity index (χ0n) is 22.5. The Balaban J connectivity index is 1.31. The summed E-state index contributed by atoms with van der Waals surface area (Å²) in [5.74, 6) is 0.281. The Labute approximate surface area is 232 Å². The summed E-state index contributed by atoms with van der Waals surface area (Å²) in [6.07, 6.45) is 3.46. The molecule has 40 heavy (non-hydrogen) atoms. The second kappa shape index (κ2) is 12.3. The van der Waals surface area contributed by atoms with Crippen molar-refractivity contribution in [2.45, 2.75) is 25.3 Å². The van der Waals surface area contributed by atoms with E-state index in [-0.39, 0.29) is 12.1 Å². The molecule has 0 spiro atoms. The van der Waals surface area contributed by atoms with Crippen molar-refractivity contribution in [2.75, 3.05) is 39.2 Å². The van der Waals surface area contributed by atoms with Gasteiger partial charge in [-0.1, -0.05) is 24.3 Å². The predicted octanol–water partition coefficient (Wildman–Crippen LogP) is 5.88. The van der Waals surface area contributed by atoms with Crippen LogP contribution < -0.4 is 20.1 Å². The van der Waals surface area contributed by atoms with Crippen LogP contribution in [0, 0.1) is 11.6 Å². The summed E-state index contributed by atoms with van der Waals surface area (Å²) >= 11 is 0. The van der Waals surface area contributed by atoms with Gasteiger partial charge in [-0.2, -0.15) is 0 Å². The average Bonchev–Trinajstić information content (AvgIpc) is 2.96. The van der Waals surface area contributed by atoms with Crippen LogP contribution in [0.15, 0.2) is 66.9 Å². The summed E-state index contributed by atoms with van der Waals surface area (Å²) in [4.78, 5) is 19.4. The molecule has 0 saturated carbocycles. The molecule has 0 radical (unpaired) electrons. The lowest BCUT2D eigenvalue weighted by molar-refractivity contribution is 0.172. The van der Waals surface area contributed by atoms with Gasteiger partial charge in [-0.25, -0.2) is 13.6 Å². The van der Waals surface area contributed by atoms with Crippen molar-refractivity contribution in [3.05, 3.63) is 95.2 Å². The quantitative estimate of drug-likeness (QED) is 0.274. The van der Waals surface area contributed by atoms with E-state index < -0.39 is 11.6 Å². The number of anilines is 1. The number of hydrogen-bond acceptors (Lipinski definition) is 5. The molecule has 0 saturated heterocycles. The molecule has 1 aromatic heterocycles. The third-order valence-electron chi connectivity index (χ3n) is 7.38. The number of para-hydroxylation sites is 1. The second-order valence-electron chi connectivity index (χ2n) is 9.74. The number of aryl methyl sites for hydroxylation is 1. The molecule has 1 unspecified atom stereocenters. The molecule has 3 aromatic carbocycles. The van der Waals surface area contributed by atoms with Gasteiger partial charge in [0.05, 0.1) is 25.4 Å². The summed E-state index contributed by atoms with van der Waals surface area (Å²) < 4.78 is 39.2. The van der Waals surface area contributed by atoms with Gasteiger partial charge in [0.1, 0.15) is 23.1 Å². The summed E-state index contributed by atoms with van der Waals surface area (Å²) in [7, 11) is 3.25. The number of halogens is 2. The standard InChI is InChI=1S/C31H32F2N4O3/c1-39-23-17-21-12-15-37(16-14-35-31(38)36-27-11-13-34-26-6-4-3-5-24(26)27)28(30(21)29(19-23)40-2)10-8-20-7-9-22(32)18-25(20)33/h3-7,9,11,13,17-19,28H,8,10,12,14-16H2,1-2H3,(H2,34,35,36,38). The van der Waals surface area contributed by atoms with E-state index in [9.17, 15) is 13.6 Å². The van der Waals surface area contributed by atoms with E-state index in [1.807, 2.05) is 36.4 Å². The molecule has 0 fully saturated rings. The molecule has 1 atom stereocenters. The summed E-state index contributed by atoms with van der Waals surface area (Å²) in [5, 5.41) is 6.75. The minimum Gasteiger partial charge on any atom is -0.497 e. The first-order valence-electron chi connectivity index (χ1n) is 13.3. The fourth-order valence-electron chi connectivity index (χ4n) is 5.43. The number of aromatic nitrogens is 1. The maximum absolute atomic E-state index is 14.5. The number of pyridine rings is 1. The normalized spacial score (nSPS) is 14.9. The SMILES string of the molecule is COc1cc2c(c(OC)c1)C(CCc1ccc(F)cc1F)N(CCNC(=O)Nc1ccnc3ccccc13)CC2. The number of carbonyl (C=O) groups is 1. The molecule has 5 rings (SSSR count).